The summed E-state index contributed by atoms with van der Waals surface area (Å²) in [7, 11) is 0. The van der Waals surface area contributed by atoms with Crippen molar-refractivity contribution in [3.63, 3.8) is 0 Å². The van der Waals surface area contributed by atoms with Gasteiger partial charge in [0.25, 0.3) is 5.91 Å². The van der Waals surface area contributed by atoms with E-state index in [0.29, 0.717) is 18.2 Å². The molecule has 5 nitrogen and oxygen atoms in total. The summed E-state index contributed by atoms with van der Waals surface area (Å²) in [5, 5.41) is 6.97. The summed E-state index contributed by atoms with van der Waals surface area (Å²) in [5.41, 5.74) is 7.33. The van der Waals surface area contributed by atoms with Gasteiger partial charge in [-0.25, -0.2) is 0 Å². The van der Waals surface area contributed by atoms with Crippen LogP contribution in [0.5, 0.6) is 0 Å². The molecule has 1 aromatic carbocycles. The Morgan fingerprint density at radius 1 is 1.33 bits per heavy atom. The van der Waals surface area contributed by atoms with E-state index in [2.05, 4.69) is 10.5 Å². The molecule has 110 valence electrons. The molecule has 5 heteroatoms. The smallest absolute Gasteiger partial charge is 0.290 e. The summed E-state index contributed by atoms with van der Waals surface area (Å²) in [6, 6.07) is 11.5. The monoisotopic (exact) mass is 285 g/mol. The van der Waals surface area contributed by atoms with Crippen molar-refractivity contribution in [3.8, 4) is 11.3 Å². The maximum atomic E-state index is 12.2. The molecule has 1 aliphatic rings. The highest BCUT2D eigenvalue weighted by Crippen LogP contribution is 2.25. The molecule has 3 N–H and O–H groups in total. The minimum absolute atomic E-state index is 0.146. The van der Waals surface area contributed by atoms with Gasteiger partial charge in [0.15, 0.2) is 0 Å². The highest BCUT2D eigenvalue weighted by atomic mass is 16.5. The molecule has 0 radical (unpaired) electrons. The number of carbonyl (C=O) groups is 1. The standard InChI is InChI=1S/C16H19N3O2/c17-10-12-7-4-8-13(12)18-16(20)15-9-14(19-21-15)11-5-2-1-3-6-11/h1-3,5-6,9,12-13H,4,7-8,10,17H2,(H,18,20). The predicted octanol–water partition coefficient (Wildman–Crippen LogP) is 2.20. The molecule has 21 heavy (non-hydrogen) atoms. The number of nitrogens with zero attached hydrogens (tertiary/aromatic N) is 1. The summed E-state index contributed by atoms with van der Waals surface area (Å²) < 4.78 is 5.17. The zero-order valence-corrected chi connectivity index (χ0v) is 11.8. The minimum atomic E-state index is -0.213. The van der Waals surface area contributed by atoms with Gasteiger partial charge in [0.05, 0.1) is 0 Å². The molecule has 2 unspecified atom stereocenters. The zero-order chi connectivity index (χ0) is 14.7. The molecule has 3 rings (SSSR count). The van der Waals surface area contributed by atoms with Crippen molar-refractivity contribution in [2.45, 2.75) is 25.3 Å². The molecule has 0 saturated heterocycles. The van der Waals surface area contributed by atoms with Gasteiger partial charge in [0, 0.05) is 17.7 Å². The third-order valence-electron chi connectivity index (χ3n) is 4.08. The van der Waals surface area contributed by atoms with Gasteiger partial charge in [-0.1, -0.05) is 41.9 Å². The lowest BCUT2D eigenvalue weighted by molar-refractivity contribution is 0.0891. The second-order valence-corrected chi connectivity index (χ2v) is 5.45. The van der Waals surface area contributed by atoms with Crippen molar-refractivity contribution >= 4 is 5.91 Å². The van der Waals surface area contributed by atoms with E-state index in [4.69, 9.17) is 10.3 Å². The average molecular weight is 285 g/mol. The molecular weight excluding hydrogens is 266 g/mol. The van der Waals surface area contributed by atoms with Crippen molar-refractivity contribution in [2.24, 2.45) is 11.7 Å². The molecular formula is C16H19N3O2. The predicted molar refractivity (Wildman–Crippen MR) is 79.6 cm³/mol. The molecule has 1 aromatic heterocycles. The quantitative estimate of drug-likeness (QED) is 0.902. The number of hydrogen-bond acceptors (Lipinski definition) is 4. The molecule has 1 fully saturated rings. The topological polar surface area (TPSA) is 81.1 Å². The van der Waals surface area contributed by atoms with Crippen LogP contribution in [-0.2, 0) is 0 Å². The van der Waals surface area contributed by atoms with Crippen LogP contribution in [0.25, 0.3) is 11.3 Å². The van der Waals surface area contributed by atoms with Crippen molar-refractivity contribution in [1.29, 1.82) is 0 Å². The first kappa shape index (κ1) is 13.8. The van der Waals surface area contributed by atoms with Crippen molar-refractivity contribution in [2.75, 3.05) is 6.54 Å². The fourth-order valence-electron chi connectivity index (χ4n) is 2.88. The number of carbonyl (C=O) groups excluding carboxylic acids is 1. The molecule has 0 aliphatic heterocycles. The van der Waals surface area contributed by atoms with Crippen LogP contribution in [0.3, 0.4) is 0 Å². The number of hydrogen-bond donors (Lipinski definition) is 2. The van der Waals surface area contributed by atoms with E-state index in [-0.39, 0.29) is 17.7 Å². The maximum absolute atomic E-state index is 12.2. The SMILES string of the molecule is NCC1CCCC1NC(=O)c1cc(-c2ccccc2)no1. The lowest BCUT2D eigenvalue weighted by Crippen LogP contribution is -2.39. The summed E-state index contributed by atoms with van der Waals surface area (Å²) in [6.45, 7) is 0.608. The third kappa shape index (κ3) is 2.97. The van der Waals surface area contributed by atoms with Gasteiger partial charge in [0.2, 0.25) is 5.76 Å². The van der Waals surface area contributed by atoms with Crippen molar-refractivity contribution in [1.82, 2.24) is 10.5 Å². The van der Waals surface area contributed by atoms with E-state index in [1.807, 2.05) is 30.3 Å². The van der Waals surface area contributed by atoms with Crippen LogP contribution in [-0.4, -0.2) is 23.7 Å². The molecule has 1 amide bonds. The maximum Gasteiger partial charge on any atom is 0.290 e. The number of aromatic nitrogens is 1. The van der Waals surface area contributed by atoms with Crippen LogP contribution in [0, 0.1) is 5.92 Å². The van der Waals surface area contributed by atoms with E-state index in [0.717, 1.165) is 24.8 Å². The summed E-state index contributed by atoms with van der Waals surface area (Å²) in [4.78, 5) is 12.2. The number of amides is 1. The van der Waals surface area contributed by atoms with Crippen LogP contribution < -0.4 is 11.1 Å². The van der Waals surface area contributed by atoms with Crippen molar-refractivity contribution in [3.05, 3.63) is 42.2 Å². The first-order valence-electron chi connectivity index (χ1n) is 7.31. The first-order valence-corrected chi connectivity index (χ1v) is 7.31. The van der Waals surface area contributed by atoms with Gasteiger partial charge in [-0.05, 0) is 25.3 Å². The van der Waals surface area contributed by atoms with E-state index in [1.165, 1.54) is 0 Å². The molecule has 2 atom stereocenters. The van der Waals surface area contributed by atoms with E-state index < -0.39 is 0 Å². The van der Waals surface area contributed by atoms with Crippen molar-refractivity contribution < 1.29 is 9.32 Å². The highest BCUT2D eigenvalue weighted by molar-refractivity contribution is 5.92. The van der Waals surface area contributed by atoms with Crippen LogP contribution in [0.1, 0.15) is 29.8 Å². The Labute approximate surface area is 123 Å². The van der Waals surface area contributed by atoms with Gasteiger partial charge >= 0.3 is 0 Å². The fraction of sp³-hybridized carbons (Fsp3) is 0.375. The Bertz CT molecular complexity index is 609. The van der Waals surface area contributed by atoms with Gasteiger partial charge in [-0.3, -0.25) is 4.79 Å². The van der Waals surface area contributed by atoms with Crippen LogP contribution in [0.4, 0.5) is 0 Å². The zero-order valence-electron chi connectivity index (χ0n) is 11.8. The van der Waals surface area contributed by atoms with E-state index in [1.54, 1.807) is 6.07 Å². The lowest BCUT2D eigenvalue weighted by Gasteiger charge is -2.18. The van der Waals surface area contributed by atoms with Crippen LogP contribution >= 0.6 is 0 Å². The van der Waals surface area contributed by atoms with Gasteiger partial charge in [-0.15, -0.1) is 0 Å². The second kappa shape index (κ2) is 6.10. The van der Waals surface area contributed by atoms with Gasteiger partial charge in [0.1, 0.15) is 5.69 Å². The van der Waals surface area contributed by atoms with E-state index in [9.17, 15) is 4.79 Å². The molecule has 0 bridgehead atoms. The summed E-state index contributed by atoms with van der Waals surface area (Å²) >= 11 is 0. The molecule has 1 aliphatic carbocycles. The second-order valence-electron chi connectivity index (χ2n) is 5.45. The molecule has 1 saturated carbocycles. The summed E-state index contributed by atoms with van der Waals surface area (Å²) in [5.74, 6) is 0.400. The third-order valence-corrected chi connectivity index (χ3v) is 4.08. The number of nitrogens with two attached hydrogens (primary N) is 1. The highest BCUT2D eigenvalue weighted by Gasteiger charge is 2.28. The Kier molecular flexibility index (Phi) is 4.01. The number of nitrogens with one attached hydrogen (secondary N) is 1. The summed E-state index contributed by atoms with van der Waals surface area (Å²) in [6.07, 6.45) is 3.17. The Balaban J connectivity index is 1.70. The molecule has 0 spiro atoms. The molecule has 1 heterocycles. The van der Waals surface area contributed by atoms with E-state index >= 15 is 0 Å². The lowest BCUT2D eigenvalue weighted by atomic mass is 10.0. The normalized spacial score (nSPS) is 21.4. The number of benzene rings is 1. The Hall–Kier alpha value is -2.14. The Morgan fingerprint density at radius 3 is 2.90 bits per heavy atom. The van der Waals surface area contributed by atoms with Crippen LogP contribution in [0.2, 0.25) is 0 Å². The van der Waals surface area contributed by atoms with Crippen LogP contribution in [0.15, 0.2) is 40.9 Å². The molecule has 2 aromatic rings. The number of rotatable bonds is 4. The minimum Gasteiger partial charge on any atom is -0.350 e. The largest absolute Gasteiger partial charge is 0.350 e. The average Bonchev–Trinajstić information content (AvgIpc) is 3.17. The Morgan fingerprint density at radius 2 is 2.14 bits per heavy atom. The van der Waals surface area contributed by atoms with Gasteiger partial charge < -0.3 is 15.6 Å². The fourth-order valence-corrected chi connectivity index (χ4v) is 2.88. The first-order chi connectivity index (χ1) is 10.3. The van der Waals surface area contributed by atoms with Gasteiger partial charge in [-0.2, -0.15) is 0 Å².